The molecular formula is C23H24N2O. The Hall–Kier alpha value is -2.94. The van der Waals surface area contributed by atoms with Crippen LogP contribution in [0.4, 0.5) is 5.69 Å². The first-order valence-electron chi connectivity index (χ1n) is 9.01. The number of nitrogens with zero attached hydrogens (tertiary/aromatic N) is 1. The molecule has 1 amide bonds. The molecule has 0 atom stereocenters. The number of pyridine rings is 1. The van der Waals surface area contributed by atoms with Gasteiger partial charge in [0.05, 0.1) is 11.2 Å². The number of hydrogen-bond acceptors (Lipinski definition) is 2. The molecule has 132 valence electrons. The van der Waals surface area contributed by atoms with Crippen LogP contribution in [0.25, 0.3) is 10.9 Å². The van der Waals surface area contributed by atoms with Gasteiger partial charge < -0.3 is 5.32 Å². The fourth-order valence-corrected chi connectivity index (χ4v) is 3.21. The number of nitrogens with one attached hydrogen (secondary N) is 1. The van der Waals surface area contributed by atoms with E-state index in [-0.39, 0.29) is 5.91 Å². The molecule has 1 N–H and O–H groups in total. The zero-order valence-corrected chi connectivity index (χ0v) is 15.5. The number of amides is 1. The standard InChI is InChI=1S/C23H24N2O/c1-4-5-6-11-19-16(2)13-14-17(3)21(19)23(26)25-20-12-7-9-18-10-8-15-24-22(18)20/h5-10,12-15H,4,11H2,1-3H3,(H,25,26)/b6-5+. The van der Waals surface area contributed by atoms with Crippen LogP contribution in [-0.2, 0) is 6.42 Å². The van der Waals surface area contributed by atoms with Crippen molar-refractivity contribution in [2.45, 2.75) is 33.6 Å². The van der Waals surface area contributed by atoms with Crippen LogP contribution in [0, 0.1) is 13.8 Å². The normalized spacial score (nSPS) is 11.2. The molecule has 2 aromatic carbocycles. The maximum absolute atomic E-state index is 13.1. The van der Waals surface area contributed by atoms with E-state index in [1.165, 1.54) is 0 Å². The van der Waals surface area contributed by atoms with Crippen molar-refractivity contribution >= 4 is 22.5 Å². The zero-order valence-electron chi connectivity index (χ0n) is 15.5. The van der Waals surface area contributed by atoms with E-state index in [2.05, 4.69) is 42.4 Å². The minimum absolute atomic E-state index is 0.0794. The molecule has 0 radical (unpaired) electrons. The van der Waals surface area contributed by atoms with Crippen molar-refractivity contribution in [3.05, 3.63) is 83.1 Å². The van der Waals surface area contributed by atoms with E-state index in [0.717, 1.165) is 51.7 Å². The minimum atomic E-state index is -0.0794. The Morgan fingerprint density at radius 3 is 2.62 bits per heavy atom. The first-order chi connectivity index (χ1) is 12.6. The van der Waals surface area contributed by atoms with Gasteiger partial charge >= 0.3 is 0 Å². The number of carbonyl (C=O) groups excluding carboxylic acids is 1. The topological polar surface area (TPSA) is 42.0 Å². The Morgan fingerprint density at radius 2 is 1.81 bits per heavy atom. The smallest absolute Gasteiger partial charge is 0.256 e. The summed E-state index contributed by atoms with van der Waals surface area (Å²) in [5.41, 5.74) is 5.52. The summed E-state index contributed by atoms with van der Waals surface area (Å²) in [6.07, 6.45) is 7.78. The number of allylic oxidation sites excluding steroid dienone is 2. The Balaban J connectivity index is 1.99. The van der Waals surface area contributed by atoms with Gasteiger partial charge in [0.1, 0.15) is 0 Å². The molecule has 1 aromatic heterocycles. The molecule has 0 aliphatic heterocycles. The summed E-state index contributed by atoms with van der Waals surface area (Å²) in [4.78, 5) is 17.5. The van der Waals surface area contributed by atoms with E-state index in [9.17, 15) is 4.79 Å². The van der Waals surface area contributed by atoms with E-state index in [0.29, 0.717) is 0 Å². The lowest BCUT2D eigenvalue weighted by molar-refractivity contribution is 0.102. The molecule has 0 fully saturated rings. The molecule has 1 heterocycles. The van der Waals surface area contributed by atoms with Crippen molar-refractivity contribution < 1.29 is 4.79 Å². The number of aromatic nitrogens is 1. The van der Waals surface area contributed by atoms with Crippen molar-refractivity contribution in [2.75, 3.05) is 5.32 Å². The van der Waals surface area contributed by atoms with Crippen molar-refractivity contribution in [3.8, 4) is 0 Å². The number of benzene rings is 2. The molecule has 0 saturated carbocycles. The summed E-state index contributed by atoms with van der Waals surface area (Å²) in [6, 6.07) is 13.8. The monoisotopic (exact) mass is 344 g/mol. The van der Waals surface area contributed by atoms with Crippen molar-refractivity contribution in [2.24, 2.45) is 0 Å². The molecule has 0 bridgehead atoms. The minimum Gasteiger partial charge on any atom is -0.320 e. The fourth-order valence-electron chi connectivity index (χ4n) is 3.21. The predicted octanol–water partition coefficient (Wildman–Crippen LogP) is 5.61. The number of anilines is 1. The average molecular weight is 344 g/mol. The Bertz CT molecular complexity index is 968. The highest BCUT2D eigenvalue weighted by atomic mass is 16.1. The molecule has 0 aliphatic carbocycles. The molecule has 0 aliphatic rings. The van der Waals surface area contributed by atoms with Gasteiger partial charge in [-0.2, -0.15) is 0 Å². The average Bonchev–Trinajstić information content (AvgIpc) is 2.65. The second kappa shape index (κ2) is 7.96. The van der Waals surface area contributed by atoms with Gasteiger partial charge in [0.2, 0.25) is 0 Å². The number of aryl methyl sites for hydroxylation is 2. The van der Waals surface area contributed by atoms with Gasteiger partial charge in [-0.15, -0.1) is 0 Å². The number of rotatable bonds is 5. The van der Waals surface area contributed by atoms with Crippen LogP contribution in [-0.4, -0.2) is 10.9 Å². The third-order valence-corrected chi connectivity index (χ3v) is 4.59. The van der Waals surface area contributed by atoms with Crippen LogP contribution in [0.2, 0.25) is 0 Å². The summed E-state index contributed by atoms with van der Waals surface area (Å²) in [5.74, 6) is -0.0794. The van der Waals surface area contributed by atoms with Crippen LogP contribution in [0.15, 0.2) is 60.8 Å². The Labute approximate surface area is 154 Å². The van der Waals surface area contributed by atoms with E-state index in [4.69, 9.17) is 0 Å². The van der Waals surface area contributed by atoms with Crippen LogP contribution in [0.3, 0.4) is 0 Å². The van der Waals surface area contributed by atoms with E-state index >= 15 is 0 Å². The molecule has 3 nitrogen and oxygen atoms in total. The molecular weight excluding hydrogens is 320 g/mol. The summed E-state index contributed by atoms with van der Waals surface area (Å²) in [6.45, 7) is 6.16. The third-order valence-electron chi connectivity index (χ3n) is 4.59. The predicted molar refractivity (Wildman–Crippen MR) is 109 cm³/mol. The third kappa shape index (κ3) is 3.67. The molecule has 3 aromatic rings. The van der Waals surface area contributed by atoms with Crippen molar-refractivity contribution in [1.29, 1.82) is 0 Å². The van der Waals surface area contributed by atoms with E-state index in [1.807, 2.05) is 43.3 Å². The van der Waals surface area contributed by atoms with Gasteiger partial charge in [0, 0.05) is 17.1 Å². The quantitative estimate of drug-likeness (QED) is 0.611. The first-order valence-corrected chi connectivity index (χ1v) is 9.01. The Morgan fingerprint density at radius 1 is 1.04 bits per heavy atom. The van der Waals surface area contributed by atoms with Gasteiger partial charge in [-0.1, -0.05) is 49.4 Å². The maximum atomic E-state index is 13.1. The second-order valence-electron chi connectivity index (χ2n) is 6.47. The molecule has 0 spiro atoms. The second-order valence-corrected chi connectivity index (χ2v) is 6.47. The highest BCUT2D eigenvalue weighted by Gasteiger charge is 2.17. The summed E-state index contributed by atoms with van der Waals surface area (Å²) in [7, 11) is 0. The van der Waals surface area contributed by atoms with Gasteiger partial charge in [-0.25, -0.2) is 0 Å². The van der Waals surface area contributed by atoms with Crippen LogP contribution < -0.4 is 5.32 Å². The molecule has 0 unspecified atom stereocenters. The number of hydrogen-bond donors (Lipinski definition) is 1. The lowest BCUT2D eigenvalue weighted by Gasteiger charge is -2.15. The zero-order chi connectivity index (χ0) is 18.5. The number of fused-ring (bicyclic) bond motifs is 1. The maximum Gasteiger partial charge on any atom is 0.256 e. The SMILES string of the molecule is CC/C=C/Cc1c(C)ccc(C)c1C(=O)Nc1cccc2cccnc12. The summed E-state index contributed by atoms with van der Waals surface area (Å²) in [5, 5.41) is 4.09. The van der Waals surface area contributed by atoms with E-state index in [1.54, 1.807) is 6.20 Å². The van der Waals surface area contributed by atoms with Crippen molar-refractivity contribution in [3.63, 3.8) is 0 Å². The highest BCUT2D eigenvalue weighted by molar-refractivity contribution is 6.10. The van der Waals surface area contributed by atoms with Gasteiger partial charge in [-0.05, 0) is 55.5 Å². The van der Waals surface area contributed by atoms with Crippen LogP contribution >= 0.6 is 0 Å². The molecule has 0 saturated heterocycles. The summed E-state index contributed by atoms with van der Waals surface area (Å²) >= 11 is 0. The highest BCUT2D eigenvalue weighted by Crippen LogP contribution is 2.24. The van der Waals surface area contributed by atoms with Gasteiger partial charge in [-0.3, -0.25) is 9.78 Å². The largest absolute Gasteiger partial charge is 0.320 e. The van der Waals surface area contributed by atoms with Gasteiger partial charge in [0.25, 0.3) is 5.91 Å². The Kier molecular flexibility index (Phi) is 5.47. The number of carbonyl (C=O) groups is 1. The van der Waals surface area contributed by atoms with E-state index < -0.39 is 0 Å². The van der Waals surface area contributed by atoms with Gasteiger partial charge in [0.15, 0.2) is 0 Å². The molecule has 3 rings (SSSR count). The van der Waals surface area contributed by atoms with Crippen molar-refractivity contribution in [1.82, 2.24) is 4.98 Å². The molecule has 3 heteroatoms. The number of para-hydroxylation sites is 1. The molecule has 26 heavy (non-hydrogen) atoms. The lowest BCUT2D eigenvalue weighted by Crippen LogP contribution is -2.17. The fraction of sp³-hybridized carbons (Fsp3) is 0.217. The lowest BCUT2D eigenvalue weighted by atomic mass is 9.94. The van der Waals surface area contributed by atoms with Crippen LogP contribution in [0.5, 0.6) is 0 Å². The summed E-state index contributed by atoms with van der Waals surface area (Å²) < 4.78 is 0. The van der Waals surface area contributed by atoms with Crippen LogP contribution in [0.1, 0.15) is 40.4 Å². The first kappa shape index (κ1) is 17.9.